The van der Waals surface area contributed by atoms with Crippen LogP contribution in [0.15, 0.2) is 108 Å². The molecule has 198 valence electrons. The molecule has 8 nitrogen and oxygen atoms in total. The van der Waals surface area contributed by atoms with Crippen LogP contribution in [0.4, 0.5) is 11.8 Å². The Morgan fingerprint density at radius 2 is 1.73 bits per heavy atom. The van der Waals surface area contributed by atoms with Gasteiger partial charge in [-0.3, -0.25) is 14.0 Å². The second-order valence-corrected chi connectivity index (χ2v) is 9.93. The van der Waals surface area contributed by atoms with Crippen molar-refractivity contribution in [2.24, 2.45) is 0 Å². The number of benzene rings is 3. The molecule has 0 unspecified atom stereocenters. The van der Waals surface area contributed by atoms with Gasteiger partial charge in [0.05, 0.1) is 29.2 Å². The first-order valence-electron chi connectivity index (χ1n) is 12.8. The summed E-state index contributed by atoms with van der Waals surface area (Å²) in [5, 5.41) is 9.67. The highest BCUT2D eigenvalue weighted by molar-refractivity contribution is 6.35. The topological polar surface area (TPSA) is 104 Å². The van der Waals surface area contributed by atoms with Crippen molar-refractivity contribution in [3.8, 4) is 16.8 Å². The molecular weight excluding hydrogens is 522 g/mol. The number of rotatable bonds is 7. The normalized spacial score (nSPS) is 11.9. The van der Waals surface area contributed by atoms with E-state index >= 15 is 0 Å². The molecule has 0 amide bonds. The van der Waals surface area contributed by atoms with Crippen molar-refractivity contribution >= 4 is 34.1 Å². The summed E-state index contributed by atoms with van der Waals surface area (Å²) < 4.78 is 3.56. The number of nitrogens with zero attached hydrogens (tertiary/aromatic N) is 5. The van der Waals surface area contributed by atoms with Crippen LogP contribution in [0, 0.1) is 0 Å². The number of fused-ring (bicyclic) bond motifs is 1. The zero-order chi connectivity index (χ0) is 27.6. The second kappa shape index (κ2) is 10.7. The third kappa shape index (κ3) is 4.92. The van der Waals surface area contributed by atoms with E-state index in [4.69, 9.17) is 17.3 Å². The minimum absolute atomic E-state index is 0.140. The van der Waals surface area contributed by atoms with E-state index in [0.29, 0.717) is 22.8 Å². The van der Waals surface area contributed by atoms with Crippen molar-refractivity contribution in [1.29, 1.82) is 0 Å². The lowest BCUT2D eigenvalue weighted by molar-refractivity contribution is 0.687. The Labute approximate surface area is 235 Å². The van der Waals surface area contributed by atoms with E-state index in [9.17, 15) is 4.79 Å². The quantitative estimate of drug-likeness (QED) is 0.250. The van der Waals surface area contributed by atoms with Gasteiger partial charge in [0.25, 0.3) is 5.56 Å². The molecule has 0 radical (unpaired) electrons. The van der Waals surface area contributed by atoms with Crippen LogP contribution in [0.5, 0.6) is 0 Å². The highest BCUT2D eigenvalue weighted by Gasteiger charge is 2.20. The molecule has 9 heteroatoms. The number of hydrogen-bond donors (Lipinski definition) is 2. The fraction of sp³-hybridized carbons (Fsp3) is 0.0968. The van der Waals surface area contributed by atoms with Crippen molar-refractivity contribution in [3.05, 3.63) is 130 Å². The van der Waals surface area contributed by atoms with Gasteiger partial charge in [0, 0.05) is 34.9 Å². The van der Waals surface area contributed by atoms with Crippen LogP contribution in [0.1, 0.15) is 24.2 Å². The molecule has 0 bridgehead atoms. The molecule has 3 heterocycles. The summed E-state index contributed by atoms with van der Waals surface area (Å²) in [5.41, 5.74) is 10.0. The maximum atomic E-state index is 13.8. The van der Waals surface area contributed by atoms with Crippen molar-refractivity contribution in [2.75, 3.05) is 11.1 Å². The lowest BCUT2D eigenvalue weighted by Crippen LogP contribution is -2.26. The minimum Gasteiger partial charge on any atom is -0.368 e. The standard InChI is InChI=1S/C31H26ClN7O/c1-20(27-15-22-11-8-14-26(32)28(22)30(40)39(27)24-12-6-3-7-13-24)36-29-25(17-34-31(33)37-29)23-16-35-38(19-23)18-21-9-4-2-5-10-21/h2-17,19-20H,18H2,1H3,(H3,33,34,36,37)/t20-/m0/s1. The van der Waals surface area contributed by atoms with Crippen LogP contribution in [0.3, 0.4) is 0 Å². The molecule has 3 aromatic carbocycles. The van der Waals surface area contributed by atoms with Gasteiger partial charge in [0.2, 0.25) is 5.95 Å². The average Bonchev–Trinajstić information content (AvgIpc) is 3.42. The van der Waals surface area contributed by atoms with Crippen LogP contribution in [0.2, 0.25) is 5.02 Å². The summed E-state index contributed by atoms with van der Waals surface area (Å²) >= 11 is 6.47. The first kappa shape index (κ1) is 25.3. The second-order valence-electron chi connectivity index (χ2n) is 9.52. The van der Waals surface area contributed by atoms with Gasteiger partial charge < -0.3 is 11.1 Å². The summed E-state index contributed by atoms with van der Waals surface area (Å²) in [6, 6.07) is 26.7. The van der Waals surface area contributed by atoms with Gasteiger partial charge in [-0.15, -0.1) is 0 Å². The Balaban J connectivity index is 1.41. The first-order valence-corrected chi connectivity index (χ1v) is 13.2. The molecule has 6 aromatic rings. The van der Waals surface area contributed by atoms with Crippen LogP contribution in [0.25, 0.3) is 27.6 Å². The SMILES string of the molecule is C[C@H](Nc1nc(N)ncc1-c1cnn(Cc2ccccc2)c1)c1cc2cccc(Cl)c2c(=O)n1-c1ccccc1. The summed E-state index contributed by atoms with van der Waals surface area (Å²) in [6.45, 7) is 2.62. The van der Waals surface area contributed by atoms with Gasteiger partial charge in [-0.1, -0.05) is 72.3 Å². The molecule has 40 heavy (non-hydrogen) atoms. The predicted octanol–water partition coefficient (Wildman–Crippen LogP) is 6.10. The molecule has 0 aliphatic rings. The zero-order valence-electron chi connectivity index (χ0n) is 21.7. The number of nitrogens with two attached hydrogens (primary N) is 1. The average molecular weight is 548 g/mol. The Bertz CT molecular complexity index is 1870. The highest BCUT2D eigenvalue weighted by atomic mass is 35.5. The Kier molecular flexibility index (Phi) is 6.76. The predicted molar refractivity (Wildman–Crippen MR) is 160 cm³/mol. The molecule has 6 rings (SSSR count). The van der Waals surface area contributed by atoms with E-state index in [1.165, 1.54) is 0 Å². The van der Waals surface area contributed by atoms with E-state index in [1.54, 1.807) is 23.0 Å². The number of pyridine rings is 1. The van der Waals surface area contributed by atoms with E-state index in [2.05, 4.69) is 32.5 Å². The van der Waals surface area contributed by atoms with E-state index in [-0.39, 0.29) is 17.5 Å². The largest absolute Gasteiger partial charge is 0.368 e. The molecule has 3 N–H and O–H groups in total. The van der Waals surface area contributed by atoms with E-state index < -0.39 is 0 Å². The number of anilines is 2. The molecule has 0 spiro atoms. The summed E-state index contributed by atoms with van der Waals surface area (Å²) in [4.78, 5) is 22.6. The molecule has 0 fully saturated rings. The smallest absolute Gasteiger partial charge is 0.264 e. The number of nitrogens with one attached hydrogen (secondary N) is 1. The molecule has 3 aromatic heterocycles. The third-order valence-corrected chi connectivity index (χ3v) is 7.09. The van der Waals surface area contributed by atoms with Crippen molar-refractivity contribution < 1.29 is 0 Å². The van der Waals surface area contributed by atoms with Gasteiger partial charge in [-0.2, -0.15) is 10.1 Å². The number of halogens is 1. The van der Waals surface area contributed by atoms with Crippen molar-refractivity contribution in [1.82, 2.24) is 24.3 Å². The van der Waals surface area contributed by atoms with Gasteiger partial charge in [0.1, 0.15) is 5.82 Å². The van der Waals surface area contributed by atoms with Gasteiger partial charge in [0.15, 0.2) is 0 Å². The van der Waals surface area contributed by atoms with Crippen molar-refractivity contribution in [3.63, 3.8) is 0 Å². The monoisotopic (exact) mass is 547 g/mol. The lowest BCUT2D eigenvalue weighted by atomic mass is 10.1. The van der Waals surface area contributed by atoms with Gasteiger partial charge in [-0.25, -0.2) is 4.98 Å². The maximum absolute atomic E-state index is 13.8. The number of para-hydroxylation sites is 1. The highest BCUT2D eigenvalue weighted by Crippen LogP contribution is 2.31. The van der Waals surface area contributed by atoms with Crippen LogP contribution < -0.4 is 16.6 Å². The van der Waals surface area contributed by atoms with E-state index in [1.807, 2.05) is 84.5 Å². The first-order chi connectivity index (χ1) is 19.5. The molecule has 1 atom stereocenters. The molecule has 0 aliphatic carbocycles. The van der Waals surface area contributed by atoms with Crippen LogP contribution in [-0.2, 0) is 6.54 Å². The Hall–Kier alpha value is -4.95. The maximum Gasteiger partial charge on any atom is 0.264 e. The molecule has 0 saturated heterocycles. The number of nitrogen functional groups attached to an aromatic ring is 1. The minimum atomic E-state index is -0.344. The summed E-state index contributed by atoms with van der Waals surface area (Å²) in [7, 11) is 0. The third-order valence-electron chi connectivity index (χ3n) is 6.77. The Morgan fingerprint density at radius 1 is 0.975 bits per heavy atom. The van der Waals surface area contributed by atoms with Gasteiger partial charge in [-0.05, 0) is 42.1 Å². The molecular formula is C31H26ClN7O. The van der Waals surface area contributed by atoms with Gasteiger partial charge >= 0.3 is 0 Å². The summed E-state index contributed by atoms with van der Waals surface area (Å²) in [6.07, 6.45) is 5.42. The van der Waals surface area contributed by atoms with Crippen LogP contribution >= 0.6 is 11.6 Å². The van der Waals surface area contributed by atoms with Crippen molar-refractivity contribution in [2.45, 2.75) is 19.5 Å². The van der Waals surface area contributed by atoms with E-state index in [0.717, 1.165) is 33.5 Å². The Morgan fingerprint density at radius 3 is 2.50 bits per heavy atom. The summed E-state index contributed by atoms with van der Waals surface area (Å²) in [5.74, 6) is 0.679. The molecule has 0 saturated carbocycles. The zero-order valence-corrected chi connectivity index (χ0v) is 22.5. The fourth-order valence-corrected chi connectivity index (χ4v) is 5.12. The molecule has 0 aliphatic heterocycles. The lowest BCUT2D eigenvalue weighted by Gasteiger charge is -2.22. The number of aromatic nitrogens is 5. The fourth-order valence-electron chi connectivity index (χ4n) is 4.86. The van der Waals surface area contributed by atoms with Crippen LogP contribution in [-0.4, -0.2) is 24.3 Å². The number of hydrogen-bond acceptors (Lipinski definition) is 6.